The number of ether oxygens (including phenoxy) is 2. The van der Waals surface area contributed by atoms with E-state index in [9.17, 15) is 4.39 Å². The molecule has 3 nitrogen and oxygen atoms in total. The van der Waals surface area contributed by atoms with Crippen LogP contribution >= 0.6 is 0 Å². The lowest BCUT2D eigenvalue weighted by Crippen LogP contribution is -2.41. The Morgan fingerprint density at radius 2 is 2.35 bits per heavy atom. The van der Waals surface area contributed by atoms with Crippen LogP contribution in [0.3, 0.4) is 0 Å². The molecule has 1 aliphatic heterocycles. The van der Waals surface area contributed by atoms with E-state index in [0.29, 0.717) is 23.7 Å². The molecule has 0 radical (unpaired) electrons. The average molecular weight is 281 g/mol. The number of rotatable bonds is 6. The summed E-state index contributed by atoms with van der Waals surface area (Å²) in [5.41, 5.74) is 0.709. The first-order chi connectivity index (χ1) is 9.76. The minimum absolute atomic E-state index is 0.241. The number of likely N-dealkylation sites (N-methyl/N-ethyl adjacent to an activating group) is 1. The Bertz CT molecular complexity index is 419. The monoisotopic (exact) mass is 281 g/mol. The van der Waals surface area contributed by atoms with Crippen molar-refractivity contribution in [2.24, 2.45) is 5.92 Å². The van der Waals surface area contributed by atoms with Crippen LogP contribution in [0.25, 0.3) is 0 Å². The van der Waals surface area contributed by atoms with Crippen molar-refractivity contribution in [3.05, 3.63) is 29.6 Å². The molecule has 0 aromatic heterocycles. The fraction of sp³-hybridized carbons (Fsp3) is 0.625. The predicted octanol–water partition coefficient (Wildman–Crippen LogP) is 2.78. The zero-order valence-corrected chi connectivity index (χ0v) is 12.3. The summed E-state index contributed by atoms with van der Waals surface area (Å²) in [5, 5.41) is 3.48. The fourth-order valence-corrected chi connectivity index (χ4v) is 2.86. The summed E-state index contributed by atoms with van der Waals surface area (Å²) < 4.78 is 24.9. The van der Waals surface area contributed by atoms with Crippen molar-refractivity contribution >= 4 is 0 Å². The van der Waals surface area contributed by atoms with Gasteiger partial charge in [0.1, 0.15) is 0 Å². The Kier molecular flexibility index (Phi) is 5.80. The van der Waals surface area contributed by atoms with Gasteiger partial charge in [-0.2, -0.15) is 0 Å². The van der Waals surface area contributed by atoms with Crippen LogP contribution in [0, 0.1) is 11.7 Å². The number of hydrogen-bond acceptors (Lipinski definition) is 3. The van der Waals surface area contributed by atoms with Crippen molar-refractivity contribution < 1.29 is 13.9 Å². The van der Waals surface area contributed by atoms with Crippen molar-refractivity contribution in [1.82, 2.24) is 5.32 Å². The third-order valence-electron chi connectivity index (χ3n) is 3.93. The van der Waals surface area contributed by atoms with Crippen molar-refractivity contribution in [1.29, 1.82) is 0 Å². The smallest absolute Gasteiger partial charge is 0.168 e. The quantitative estimate of drug-likeness (QED) is 0.869. The van der Waals surface area contributed by atoms with E-state index in [1.807, 2.05) is 12.1 Å². The van der Waals surface area contributed by atoms with Crippen molar-refractivity contribution in [3.8, 4) is 5.75 Å². The van der Waals surface area contributed by atoms with E-state index < -0.39 is 0 Å². The first kappa shape index (κ1) is 15.3. The maximum atomic E-state index is 14.3. The third-order valence-corrected chi connectivity index (χ3v) is 3.93. The minimum Gasteiger partial charge on any atom is -0.494 e. The van der Waals surface area contributed by atoms with E-state index in [1.165, 1.54) is 7.11 Å². The highest BCUT2D eigenvalue weighted by Crippen LogP contribution is 2.25. The molecule has 1 saturated heterocycles. The molecule has 1 aromatic carbocycles. The summed E-state index contributed by atoms with van der Waals surface area (Å²) in [6.07, 6.45) is 2.90. The Morgan fingerprint density at radius 1 is 1.50 bits per heavy atom. The van der Waals surface area contributed by atoms with Crippen molar-refractivity contribution in [2.75, 3.05) is 26.9 Å². The van der Waals surface area contributed by atoms with Gasteiger partial charge in [-0.3, -0.25) is 0 Å². The van der Waals surface area contributed by atoms with Gasteiger partial charge in [-0.15, -0.1) is 0 Å². The second-order valence-electron chi connectivity index (χ2n) is 5.28. The first-order valence-corrected chi connectivity index (χ1v) is 7.38. The van der Waals surface area contributed by atoms with Crippen molar-refractivity contribution in [2.45, 2.75) is 32.2 Å². The average Bonchev–Trinajstić information content (AvgIpc) is 2.49. The molecule has 0 bridgehead atoms. The van der Waals surface area contributed by atoms with Gasteiger partial charge in [0, 0.05) is 12.6 Å². The fourth-order valence-electron chi connectivity index (χ4n) is 2.86. The molecule has 112 valence electrons. The molecule has 1 fully saturated rings. The van der Waals surface area contributed by atoms with Gasteiger partial charge in [0.15, 0.2) is 11.6 Å². The highest BCUT2D eigenvalue weighted by Gasteiger charge is 2.25. The SMILES string of the molecule is CCNC(Cc1cccc(OC)c1F)C1CCCOC1. The highest BCUT2D eigenvalue weighted by atomic mass is 19.1. The summed E-state index contributed by atoms with van der Waals surface area (Å²) in [5.74, 6) is 0.529. The van der Waals surface area contributed by atoms with E-state index >= 15 is 0 Å². The van der Waals surface area contributed by atoms with Crippen LogP contribution in [0.1, 0.15) is 25.3 Å². The van der Waals surface area contributed by atoms with Gasteiger partial charge < -0.3 is 14.8 Å². The van der Waals surface area contributed by atoms with Gasteiger partial charge in [0.2, 0.25) is 0 Å². The van der Waals surface area contributed by atoms with E-state index in [2.05, 4.69) is 12.2 Å². The number of nitrogens with one attached hydrogen (secondary N) is 1. The van der Waals surface area contributed by atoms with Gasteiger partial charge >= 0.3 is 0 Å². The molecule has 2 rings (SSSR count). The normalized spacial score (nSPS) is 20.6. The lowest BCUT2D eigenvalue weighted by atomic mass is 9.89. The van der Waals surface area contributed by atoms with Crippen LogP contribution in [0.2, 0.25) is 0 Å². The first-order valence-electron chi connectivity index (χ1n) is 7.38. The molecule has 1 aliphatic rings. The topological polar surface area (TPSA) is 30.5 Å². The van der Waals surface area contributed by atoms with Gasteiger partial charge in [0.25, 0.3) is 0 Å². The lowest BCUT2D eigenvalue weighted by molar-refractivity contribution is 0.0394. The van der Waals surface area contributed by atoms with E-state index in [1.54, 1.807) is 6.07 Å². The summed E-state index contributed by atoms with van der Waals surface area (Å²) in [6.45, 7) is 4.58. The Balaban J connectivity index is 2.10. The summed E-state index contributed by atoms with van der Waals surface area (Å²) in [4.78, 5) is 0. The zero-order chi connectivity index (χ0) is 14.4. The van der Waals surface area contributed by atoms with Crippen LogP contribution in [0.15, 0.2) is 18.2 Å². The predicted molar refractivity (Wildman–Crippen MR) is 77.7 cm³/mol. The molecule has 1 N–H and O–H groups in total. The molecule has 0 amide bonds. The number of benzene rings is 1. The number of halogens is 1. The van der Waals surface area contributed by atoms with Crippen LogP contribution in [-0.2, 0) is 11.2 Å². The van der Waals surface area contributed by atoms with E-state index in [0.717, 1.165) is 32.6 Å². The Morgan fingerprint density at radius 3 is 3.00 bits per heavy atom. The van der Waals surface area contributed by atoms with Crippen LogP contribution in [0.5, 0.6) is 5.75 Å². The van der Waals surface area contributed by atoms with Gasteiger partial charge in [0.05, 0.1) is 13.7 Å². The summed E-state index contributed by atoms with van der Waals surface area (Å²) >= 11 is 0. The zero-order valence-electron chi connectivity index (χ0n) is 12.3. The molecule has 4 heteroatoms. The summed E-state index contributed by atoms with van der Waals surface area (Å²) in [6, 6.07) is 5.59. The molecule has 0 saturated carbocycles. The second kappa shape index (κ2) is 7.60. The van der Waals surface area contributed by atoms with Gasteiger partial charge in [-0.25, -0.2) is 4.39 Å². The highest BCUT2D eigenvalue weighted by molar-refractivity contribution is 5.31. The van der Waals surface area contributed by atoms with Crippen LogP contribution < -0.4 is 10.1 Å². The second-order valence-corrected chi connectivity index (χ2v) is 5.28. The third kappa shape index (κ3) is 3.70. The van der Waals surface area contributed by atoms with Crippen LogP contribution in [-0.4, -0.2) is 32.9 Å². The van der Waals surface area contributed by atoms with E-state index in [4.69, 9.17) is 9.47 Å². The molecular weight excluding hydrogens is 257 g/mol. The summed E-state index contributed by atoms with van der Waals surface area (Å²) in [7, 11) is 1.50. The molecule has 20 heavy (non-hydrogen) atoms. The largest absolute Gasteiger partial charge is 0.494 e. The van der Waals surface area contributed by atoms with E-state index in [-0.39, 0.29) is 11.9 Å². The maximum absolute atomic E-state index is 14.3. The van der Waals surface area contributed by atoms with Crippen molar-refractivity contribution in [3.63, 3.8) is 0 Å². The molecule has 1 heterocycles. The van der Waals surface area contributed by atoms with Crippen LogP contribution in [0.4, 0.5) is 4.39 Å². The minimum atomic E-state index is -0.241. The maximum Gasteiger partial charge on any atom is 0.168 e. The molecule has 1 aromatic rings. The Hall–Kier alpha value is -1.13. The Labute approximate surface area is 120 Å². The lowest BCUT2D eigenvalue weighted by Gasteiger charge is -2.31. The van der Waals surface area contributed by atoms with Gasteiger partial charge in [-0.05, 0) is 43.4 Å². The molecule has 2 atom stereocenters. The molecule has 0 aliphatic carbocycles. The standard InChI is InChI=1S/C16H24FNO2/c1-3-18-14(13-7-5-9-20-11-13)10-12-6-4-8-15(19-2)16(12)17/h4,6,8,13-14,18H,3,5,7,9-11H2,1-2H3. The number of hydrogen-bond donors (Lipinski definition) is 1. The molecule has 0 spiro atoms. The number of methoxy groups -OCH3 is 1. The molecular formula is C16H24FNO2. The van der Waals surface area contributed by atoms with Gasteiger partial charge in [-0.1, -0.05) is 19.1 Å². The molecule has 2 unspecified atom stereocenters.